The van der Waals surface area contributed by atoms with Crippen LogP contribution in [0.2, 0.25) is 0 Å². The zero-order valence-electron chi connectivity index (χ0n) is 14.6. The summed E-state index contributed by atoms with van der Waals surface area (Å²) in [5, 5.41) is 16.8. The van der Waals surface area contributed by atoms with E-state index >= 15 is 0 Å². The van der Waals surface area contributed by atoms with Gasteiger partial charge < -0.3 is 20.5 Å². The number of aliphatic hydroxyl groups excluding tert-OH is 1. The lowest BCUT2D eigenvalue weighted by Crippen LogP contribution is -2.30. The summed E-state index contributed by atoms with van der Waals surface area (Å²) >= 11 is 0. The van der Waals surface area contributed by atoms with Crippen molar-refractivity contribution >= 4 is 22.8 Å². The van der Waals surface area contributed by atoms with Crippen LogP contribution in [0, 0.1) is 0 Å². The minimum Gasteiger partial charge on any atom is -0.491 e. The van der Waals surface area contributed by atoms with Crippen LogP contribution in [0.1, 0.15) is 38.5 Å². The molecule has 2 aromatic rings. The third kappa shape index (κ3) is 4.04. The summed E-state index contributed by atoms with van der Waals surface area (Å²) in [4.78, 5) is 20.3. The smallest absolute Gasteiger partial charge is 0.223 e. The molecule has 7 nitrogen and oxygen atoms in total. The van der Waals surface area contributed by atoms with Gasteiger partial charge in [-0.3, -0.25) is 4.79 Å². The molecule has 1 aromatic heterocycles. The third-order valence-corrected chi connectivity index (χ3v) is 5.12. The highest BCUT2D eigenvalue weighted by Crippen LogP contribution is 2.23. The van der Waals surface area contributed by atoms with Gasteiger partial charge in [0, 0.05) is 30.1 Å². The molecule has 0 bridgehead atoms. The van der Waals surface area contributed by atoms with Gasteiger partial charge in [-0.15, -0.1) is 0 Å². The molecule has 26 heavy (non-hydrogen) atoms. The van der Waals surface area contributed by atoms with Crippen LogP contribution in [-0.4, -0.2) is 45.8 Å². The second-order valence-corrected chi connectivity index (χ2v) is 7.18. The third-order valence-electron chi connectivity index (χ3n) is 5.12. The number of hydrogen-bond acceptors (Lipinski definition) is 6. The fourth-order valence-electron chi connectivity index (χ4n) is 3.56. The number of nitrogens with one attached hydrogen (secondary N) is 2. The first-order valence-corrected chi connectivity index (χ1v) is 9.29. The Hall–Kier alpha value is -2.41. The van der Waals surface area contributed by atoms with E-state index in [0.717, 1.165) is 48.8 Å². The number of carbonyl (C=O) groups is 1. The minimum absolute atomic E-state index is 0.0856. The molecule has 1 amide bonds. The molecule has 1 aromatic carbocycles. The molecule has 1 aliphatic carbocycles. The predicted octanol–water partition coefficient (Wildman–Crippen LogP) is 2.00. The van der Waals surface area contributed by atoms with Gasteiger partial charge in [0.05, 0.1) is 17.7 Å². The van der Waals surface area contributed by atoms with E-state index in [9.17, 15) is 9.90 Å². The molecule has 1 saturated heterocycles. The Morgan fingerprint density at radius 1 is 1.23 bits per heavy atom. The van der Waals surface area contributed by atoms with Crippen molar-refractivity contribution in [1.82, 2.24) is 15.3 Å². The van der Waals surface area contributed by atoms with Crippen molar-refractivity contribution in [2.75, 3.05) is 11.9 Å². The highest BCUT2D eigenvalue weighted by atomic mass is 16.5. The van der Waals surface area contributed by atoms with Gasteiger partial charge in [0.25, 0.3) is 0 Å². The number of carbonyl (C=O) groups excluding carboxylic acids is 1. The summed E-state index contributed by atoms with van der Waals surface area (Å²) in [6, 6.07) is 6.14. The van der Waals surface area contributed by atoms with Gasteiger partial charge in [0.2, 0.25) is 11.9 Å². The van der Waals surface area contributed by atoms with Crippen LogP contribution in [0.15, 0.2) is 24.4 Å². The number of aromatic nitrogens is 2. The molecule has 1 saturated carbocycles. The number of amides is 1. The largest absolute Gasteiger partial charge is 0.491 e. The van der Waals surface area contributed by atoms with E-state index in [-0.39, 0.29) is 18.1 Å². The number of fused-ring (bicyclic) bond motifs is 1. The van der Waals surface area contributed by atoms with Gasteiger partial charge in [0.15, 0.2) is 0 Å². The van der Waals surface area contributed by atoms with Crippen molar-refractivity contribution < 1.29 is 14.6 Å². The standard InChI is InChI=1S/C19H24N4O3/c24-15-5-2-13(3-6-15)22-19-20-10-12-1-7-16(9-17(12)23-19)26-11-14-4-8-18(25)21-14/h1,7,9-10,13-15,24H,2-6,8,11H2,(H,21,25)(H,20,22,23)/t13-,14-,15-/m0/s1. The molecule has 3 N–H and O–H groups in total. The predicted molar refractivity (Wildman–Crippen MR) is 98.1 cm³/mol. The number of rotatable bonds is 5. The maximum Gasteiger partial charge on any atom is 0.223 e. The molecule has 2 aliphatic rings. The zero-order chi connectivity index (χ0) is 17.9. The molecule has 138 valence electrons. The highest BCUT2D eigenvalue weighted by Gasteiger charge is 2.21. The monoisotopic (exact) mass is 356 g/mol. The van der Waals surface area contributed by atoms with Crippen LogP contribution in [0.5, 0.6) is 5.75 Å². The Labute approximate surface area is 152 Å². The minimum atomic E-state index is -0.171. The van der Waals surface area contributed by atoms with Crippen LogP contribution in [0.4, 0.5) is 5.95 Å². The molecule has 7 heteroatoms. The summed E-state index contributed by atoms with van der Waals surface area (Å²) in [5.74, 6) is 1.44. The molecular formula is C19H24N4O3. The lowest BCUT2D eigenvalue weighted by atomic mass is 9.93. The molecule has 1 aliphatic heterocycles. The number of benzene rings is 1. The van der Waals surface area contributed by atoms with E-state index in [0.29, 0.717) is 25.0 Å². The van der Waals surface area contributed by atoms with Gasteiger partial charge in [-0.1, -0.05) is 0 Å². The number of aliphatic hydroxyl groups is 1. The Balaban J connectivity index is 1.41. The summed E-state index contributed by atoms with van der Waals surface area (Å²) < 4.78 is 5.82. The lowest BCUT2D eigenvalue weighted by molar-refractivity contribution is -0.119. The Morgan fingerprint density at radius 3 is 2.85 bits per heavy atom. The van der Waals surface area contributed by atoms with Gasteiger partial charge in [-0.2, -0.15) is 0 Å². The van der Waals surface area contributed by atoms with Gasteiger partial charge in [-0.25, -0.2) is 9.97 Å². The Morgan fingerprint density at radius 2 is 2.08 bits per heavy atom. The maximum absolute atomic E-state index is 11.3. The first-order valence-electron chi connectivity index (χ1n) is 9.29. The van der Waals surface area contributed by atoms with Crippen LogP contribution >= 0.6 is 0 Å². The molecule has 0 unspecified atom stereocenters. The van der Waals surface area contributed by atoms with Crippen molar-refractivity contribution in [2.24, 2.45) is 0 Å². The summed E-state index contributed by atoms with van der Waals surface area (Å²) in [5.41, 5.74) is 0.825. The second-order valence-electron chi connectivity index (χ2n) is 7.18. The zero-order valence-corrected chi connectivity index (χ0v) is 14.6. The van der Waals surface area contributed by atoms with Crippen molar-refractivity contribution in [3.8, 4) is 5.75 Å². The number of hydrogen-bond donors (Lipinski definition) is 3. The van der Waals surface area contributed by atoms with Gasteiger partial charge in [0.1, 0.15) is 12.4 Å². The second kappa shape index (κ2) is 7.45. The van der Waals surface area contributed by atoms with E-state index in [1.807, 2.05) is 24.4 Å². The van der Waals surface area contributed by atoms with Crippen molar-refractivity contribution in [3.63, 3.8) is 0 Å². The van der Waals surface area contributed by atoms with Crippen LogP contribution in [0.25, 0.3) is 10.9 Å². The summed E-state index contributed by atoms with van der Waals surface area (Å²) in [6.07, 6.45) is 6.53. The maximum atomic E-state index is 11.3. The van der Waals surface area contributed by atoms with E-state index in [2.05, 4.69) is 20.6 Å². The number of ether oxygens (including phenoxy) is 1. The molecule has 0 spiro atoms. The molecular weight excluding hydrogens is 332 g/mol. The quantitative estimate of drug-likeness (QED) is 0.758. The fourth-order valence-corrected chi connectivity index (χ4v) is 3.56. The van der Waals surface area contributed by atoms with E-state index < -0.39 is 0 Å². The van der Waals surface area contributed by atoms with Crippen LogP contribution < -0.4 is 15.4 Å². The first kappa shape index (κ1) is 17.0. The van der Waals surface area contributed by atoms with Crippen molar-refractivity contribution in [3.05, 3.63) is 24.4 Å². The van der Waals surface area contributed by atoms with E-state index in [4.69, 9.17) is 4.74 Å². The lowest BCUT2D eigenvalue weighted by Gasteiger charge is -2.26. The molecule has 4 rings (SSSR count). The summed E-state index contributed by atoms with van der Waals surface area (Å²) in [7, 11) is 0. The molecule has 1 atom stereocenters. The first-order chi connectivity index (χ1) is 12.7. The molecule has 2 heterocycles. The number of anilines is 1. The van der Waals surface area contributed by atoms with E-state index in [1.54, 1.807) is 0 Å². The van der Waals surface area contributed by atoms with Crippen LogP contribution in [0.3, 0.4) is 0 Å². The molecule has 0 radical (unpaired) electrons. The SMILES string of the molecule is O=C1CC[C@@H](COc2ccc3cnc(N[C@H]4CC[C@H](O)CC4)nc3c2)N1. The fraction of sp³-hybridized carbons (Fsp3) is 0.526. The van der Waals surface area contributed by atoms with Gasteiger partial charge >= 0.3 is 0 Å². The van der Waals surface area contributed by atoms with Gasteiger partial charge in [-0.05, 0) is 44.2 Å². The number of nitrogens with zero attached hydrogens (tertiary/aromatic N) is 2. The highest BCUT2D eigenvalue weighted by molar-refractivity contribution is 5.80. The summed E-state index contributed by atoms with van der Waals surface area (Å²) in [6.45, 7) is 0.470. The molecule has 2 fully saturated rings. The van der Waals surface area contributed by atoms with Crippen LogP contribution in [-0.2, 0) is 4.79 Å². The Kier molecular flexibility index (Phi) is 4.88. The normalized spacial score (nSPS) is 25.9. The van der Waals surface area contributed by atoms with Crippen molar-refractivity contribution in [1.29, 1.82) is 0 Å². The van der Waals surface area contributed by atoms with Crippen molar-refractivity contribution in [2.45, 2.75) is 56.7 Å². The van der Waals surface area contributed by atoms with E-state index in [1.165, 1.54) is 0 Å². The Bertz CT molecular complexity index is 789. The average molecular weight is 356 g/mol. The average Bonchev–Trinajstić information content (AvgIpc) is 3.07. The topological polar surface area (TPSA) is 96.4 Å².